The van der Waals surface area contributed by atoms with Crippen molar-refractivity contribution in [3.8, 4) is 11.1 Å². The Bertz CT molecular complexity index is 833. The number of pyridine rings is 1. The Labute approximate surface area is 153 Å². The zero-order valence-electron chi connectivity index (χ0n) is 14.7. The van der Waals surface area contributed by atoms with Gasteiger partial charge in [0.2, 0.25) is 5.91 Å². The van der Waals surface area contributed by atoms with Crippen molar-refractivity contribution in [2.45, 2.75) is 25.5 Å². The molecule has 1 aromatic heterocycles. The minimum absolute atomic E-state index is 0.0451. The van der Waals surface area contributed by atoms with Crippen LogP contribution in [0.25, 0.3) is 11.1 Å². The number of carbonyl (C=O) groups is 1. The summed E-state index contributed by atoms with van der Waals surface area (Å²) in [6, 6.07) is 21.1. The second-order valence-electron chi connectivity index (χ2n) is 6.28. The molecule has 3 aromatic rings. The van der Waals surface area contributed by atoms with Crippen LogP contribution in [0.15, 0.2) is 79.1 Å². The summed E-state index contributed by atoms with van der Waals surface area (Å²) in [5.41, 5.74) is 3.98. The largest absolute Gasteiger partial charge is 0.388 e. The molecule has 3 rings (SSSR count). The van der Waals surface area contributed by atoms with Gasteiger partial charge in [-0.3, -0.25) is 9.78 Å². The second kappa shape index (κ2) is 8.41. The number of amides is 1. The second-order valence-corrected chi connectivity index (χ2v) is 6.28. The lowest BCUT2D eigenvalue weighted by atomic mass is 10.0. The van der Waals surface area contributed by atoms with Crippen LogP contribution < -0.4 is 5.32 Å². The van der Waals surface area contributed by atoms with E-state index in [0.29, 0.717) is 0 Å². The minimum atomic E-state index is -0.794. The molecule has 0 radical (unpaired) electrons. The first-order valence-electron chi connectivity index (χ1n) is 8.66. The molecule has 2 N–H and O–H groups in total. The highest BCUT2D eigenvalue weighted by Crippen LogP contribution is 2.22. The van der Waals surface area contributed by atoms with Crippen LogP contribution in [0, 0.1) is 0 Å². The Morgan fingerprint density at radius 3 is 2.19 bits per heavy atom. The number of rotatable bonds is 6. The van der Waals surface area contributed by atoms with Gasteiger partial charge < -0.3 is 10.4 Å². The van der Waals surface area contributed by atoms with Gasteiger partial charge in [0.05, 0.1) is 18.6 Å². The van der Waals surface area contributed by atoms with Crippen molar-refractivity contribution < 1.29 is 9.90 Å². The number of aliphatic hydroxyl groups is 1. The maximum Gasteiger partial charge on any atom is 0.223 e. The van der Waals surface area contributed by atoms with Gasteiger partial charge in [-0.1, -0.05) is 54.6 Å². The Hall–Kier alpha value is -2.98. The molecule has 1 heterocycles. The average molecular weight is 346 g/mol. The molecule has 2 unspecified atom stereocenters. The van der Waals surface area contributed by atoms with E-state index in [1.54, 1.807) is 12.4 Å². The summed E-state index contributed by atoms with van der Waals surface area (Å²) >= 11 is 0. The third-order valence-electron chi connectivity index (χ3n) is 4.36. The van der Waals surface area contributed by atoms with Crippen molar-refractivity contribution in [1.82, 2.24) is 10.3 Å². The summed E-state index contributed by atoms with van der Waals surface area (Å²) in [6.45, 7) is 1.94. The number of nitrogens with zero attached hydrogens (tertiary/aromatic N) is 1. The number of hydrogen-bond acceptors (Lipinski definition) is 3. The lowest BCUT2D eigenvalue weighted by Crippen LogP contribution is -2.27. The molecule has 2 atom stereocenters. The van der Waals surface area contributed by atoms with Crippen LogP contribution in [0.1, 0.15) is 36.6 Å². The van der Waals surface area contributed by atoms with Gasteiger partial charge in [0.1, 0.15) is 0 Å². The van der Waals surface area contributed by atoms with Gasteiger partial charge in [-0.2, -0.15) is 0 Å². The Balaban J connectivity index is 1.59. The van der Waals surface area contributed by atoms with E-state index in [1.165, 1.54) is 0 Å². The van der Waals surface area contributed by atoms with Gasteiger partial charge in [-0.05, 0) is 41.3 Å². The molecule has 0 spiro atoms. The van der Waals surface area contributed by atoms with E-state index in [-0.39, 0.29) is 18.4 Å². The summed E-state index contributed by atoms with van der Waals surface area (Å²) < 4.78 is 0. The van der Waals surface area contributed by atoms with Crippen LogP contribution in [0.2, 0.25) is 0 Å². The van der Waals surface area contributed by atoms with Gasteiger partial charge in [0.25, 0.3) is 0 Å². The molecule has 0 saturated carbocycles. The van der Waals surface area contributed by atoms with E-state index in [0.717, 1.165) is 22.3 Å². The monoisotopic (exact) mass is 346 g/mol. The van der Waals surface area contributed by atoms with E-state index in [4.69, 9.17) is 0 Å². The van der Waals surface area contributed by atoms with Gasteiger partial charge in [-0.25, -0.2) is 0 Å². The number of aromatic nitrogens is 1. The summed E-state index contributed by atoms with van der Waals surface area (Å²) in [7, 11) is 0. The molecule has 0 saturated heterocycles. The van der Waals surface area contributed by atoms with Crippen molar-refractivity contribution in [3.63, 3.8) is 0 Å². The quantitative estimate of drug-likeness (QED) is 0.708. The summed E-state index contributed by atoms with van der Waals surface area (Å²) in [5.74, 6) is -0.174. The SMILES string of the molecule is CC(NC(=O)CC(O)c1ccccc1)c1ccc(-c2ccncc2)cc1. The molecule has 0 bridgehead atoms. The molecule has 2 aromatic carbocycles. The van der Waals surface area contributed by atoms with E-state index >= 15 is 0 Å². The lowest BCUT2D eigenvalue weighted by molar-refractivity contribution is -0.123. The third kappa shape index (κ3) is 4.55. The lowest BCUT2D eigenvalue weighted by Gasteiger charge is -2.17. The first kappa shape index (κ1) is 17.8. The average Bonchev–Trinajstić information content (AvgIpc) is 2.69. The highest BCUT2D eigenvalue weighted by atomic mass is 16.3. The highest BCUT2D eigenvalue weighted by molar-refractivity contribution is 5.77. The highest BCUT2D eigenvalue weighted by Gasteiger charge is 2.15. The van der Waals surface area contributed by atoms with Gasteiger partial charge in [0, 0.05) is 12.4 Å². The van der Waals surface area contributed by atoms with E-state index < -0.39 is 6.10 Å². The first-order valence-corrected chi connectivity index (χ1v) is 8.66. The molecule has 4 nitrogen and oxygen atoms in total. The van der Waals surface area contributed by atoms with Gasteiger partial charge >= 0.3 is 0 Å². The van der Waals surface area contributed by atoms with Crippen molar-refractivity contribution in [2.75, 3.05) is 0 Å². The van der Waals surface area contributed by atoms with Crippen molar-refractivity contribution in [3.05, 3.63) is 90.3 Å². The Kier molecular flexibility index (Phi) is 5.77. The number of benzene rings is 2. The molecule has 1 amide bonds. The zero-order chi connectivity index (χ0) is 18.4. The number of hydrogen-bond donors (Lipinski definition) is 2. The fourth-order valence-electron chi connectivity index (χ4n) is 2.86. The van der Waals surface area contributed by atoms with Crippen molar-refractivity contribution in [1.29, 1.82) is 0 Å². The molecule has 0 aliphatic heterocycles. The molecule has 132 valence electrons. The fourth-order valence-corrected chi connectivity index (χ4v) is 2.86. The number of carbonyl (C=O) groups excluding carboxylic acids is 1. The third-order valence-corrected chi connectivity index (χ3v) is 4.36. The van der Waals surface area contributed by atoms with Crippen LogP contribution in [0.3, 0.4) is 0 Å². The normalized spacial score (nSPS) is 13.0. The Morgan fingerprint density at radius 1 is 0.923 bits per heavy atom. The van der Waals surface area contributed by atoms with Crippen molar-refractivity contribution >= 4 is 5.91 Å². The summed E-state index contributed by atoms with van der Waals surface area (Å²) in [5, 5.41) is 13.1. The van der Waals surface area contributed by atoms with Gasteiger partial charge in [-0.15, -0.1) is 0 Å². The standard InChI is InChI=1S/C22H22N2O2/c1-16(24-22(26)15-21(25)20-5-3-2-4-6-20)17-7-9-18(10-8-17)19-11-13-23-14-12-19/h2-14,16,21,25H,15H2,1H3,(H,24,26). The molecule has 0 fully saturated rings. The molecule has 4 heteroatoms. The maximum absolute atomic E-state index is 12.2. The first-order chi connectivity index (χ1) is 12.6. The number of nitrogens with one attached hydrogen (secondary N) is 1. The predicted octanol–water partition coefficient (Wildman–Crippen LogP) is 4.05. The van der Waals surface area contributed by atoms with E-state index in [9.17, 15) is 9.90 Å². The van der Waals surface area contributed by atoms with Crippen molar-refractivity contribution in [2.24, 2.45) is 0 Å². The van der Waals surface area contributed by atoms with Gasteiger partial charge in [0.15, 0.2) is 0 Å². The van der Waals surface area contributed by atoms with Crippen LogP contribution >= 0.6 is 0 Å². The van der Waals surface area contributed by atoms with Crippen LogP contribution in [-0.2, 0) is 4.79 Å². The van der Waals surface area contributed by atoms with Crippen LogP contribution in [0.4, 0.5) is 0 Å². The molecular weight excluding hydrogens is 324 g/mol. The van der Waals surface area contributed by atoms with Crippen LogP contribution in [-0.4, -0.2) is 16.0 Å². The van der Waals surface area contributed by atoms with Crippen LogP contribution in [0.5, 0.6) is 0 Å². The number of aliphatic hydroxyl groups excluding tert-OH is 1. The summed E-state index contributed by atoms with van der Waals surface area (Å²) in [4.78, 5) is 16.2. The van der Waals surface area contributed by atoms with E-state index in [1.807, 2.05) is 73.7 Å². The minimum Gasteiger partial charge on any atom is -0.388 e. The zero-order valence-corrected chi connectivity index (χ0v) is 14.7. The Morgan fingerprint density at radius 2 is 1.54 bits per heavy atom. The fraction of sp³-hybridized carbons (Fsp3) is 0.182. The molecule has 26 heavy (non-hydrogen) atoms. The predicted molar refractivity (Wildman–Crippen MR) is 102 cm³/mol. The smallest absolute Gasteiger partial charge is 0.223 e. The molecule has 0 aliphatic rings. The van der Waals surface area contributed by atoms with E-state index in [2.05, 4.69) is 10.3 Å². The molecule has 0 aliphatic carbocycles. The summed E-state index contributed by atoms with van der Waals surface area (Å²) in [6.07, 6.45) is 2.79. The molecular formula is C22H22N2O2. The maximum atomic E-state index is 12.2. The topological polar surface area (TPSA) is 62.2 Å².